The van der Waals surface area contributed by atoms with Gasteiger partial charge in [0.25, 0.3) is 0 Å². The van der Waals surface area contributed by atoms with Crippen molar-refractivity contribution in [3.63, 3.8) is 0 Å². The van der Waals surface area contributed by atoms with Gasteiger partial charge in [-0.1, -0.05) is 67.1 Å². The highest BCUT2D eigenvalue weighted by atomic mass is 35.5. The number of hydrogen-bond donors (Lipinski definition) is 1. The second-order valence-corrected chi connectivity index (χ2v) is 6.65. The van der Waals surface area contributed by atoms with E-state index in [-0.39, 0.29) is 19.7 Å². The molecule has 0 aromatic heterocycles. The average Bonchev–Trinajstić information content (AvgIpc) is 2.65. The molecule has 0 bridgehead atoms. The first-order chi connectivity index (χ1) is 11.7. The van der Waals surface area contributed by atoms with Gasteiger partial charge >= 0.3 is 1.43 Å². The van der Waals surface area contributed by atoms with Crippen LogP contribution in [0.3, 0.4) is 0 Å². The first-order valence-electron chi connectivity index (χ1n) is 8.87. The van der Waals surface area contributed by atoms with E-state index in [0.717, 1.165) is 37.2 Å². The van der Waals surface area contributed by atoms with Gasteiger partial charge in [-0.3, -0.25) is 4.79 Å². The Morgan fingerprint density at radius 3 is 1.84 bits per heavy atom. The molecule has 1 aliphatic heterocycles. The van der Waals surface area contributed by atoms with Crippen LogP contribution in [-0.2, 0) is 10.2 Å². The Morgan fingerprint density at radius 2 is 1.40 bits per heavy atom. The molecule has 1 fully saturated rings. The van der Waals surface area contributed by atoms with Gasteiger partial charge in [0.2, 0.25) is 5.91 Å². The predicted octanol–water partition coefficient (Wildman–Crippen LogP) is 0.450. The number of carbonyl (C=O) groups is 1. The second-order valence-electron chi connectivity index (χ2n) is 6.65. The third kappa shape index (κ3) is 4.23. The van der Waals surface area contributed by atoms with Crippen molar-refractivity contribution in [2.45, 2.75) is 31.1 Å². The summed E-state index contributed by atoms with van der Waals surface area (Å²) in [7, 11) is 0. The molecule has 25 heavy (non-hydrogen) atoms. The first-order valence-corrected chi connectivity index (χ1v) is 8.87. The molecular formula is C21H27ClN2O. The van der Waals surface area contributed by atoms with Crippen molar-refractivity contribution in [3.8, 4) is 0 Å². The molecule has 1 aliphatic rings. The van der Waals surface area contributed by atoms with Gasteiger partial charge in [0.05, 0.1) is 5.41 Å². The average molecular weight is 359 g/mol. The Bertz CT molecular complexity index is 621. The number of rotatable bonds is 6. The summed E-state index contributed by atoms with van der Waals surface area (Å²) in [6.07, 6.45) is 4.53. The molecule has 0 saturated carbocycles. The van der Waals surface area contributed by atoms with Gasteiger partial charge in [-0.25, -0.2) is 0 Å². The largest absolute Gasteiger partial charge is 1.00 e. The summed E-state index contributed by atoms with van der Waals surface area (Å²) >= 11 is 0. The van der Waals surface area contributed by atoms with Crippen LogP contribution in [0.2, 0.25) is 0 Å². The topological polar surface area (TPSA) is 46.3 Å². The zero-order chi connectivity index (χ0) is 16.8. The fraction of sp³-hybridized carbons (Fsp3) is 0.381. The Balaban J connectivity index is 0.00000169. The van der Waals surface area contributed by atoms with E-state index in [1.165, 1.54) is 19.3 Å². The van der Waals surface area contributed by atoms with Crippen LogP contribution in [0.25, 0.3) is 0 Å². The Morgan fingerprint density at radius 1 is 0.920 bits per heavy atom. The smallest absolute Gasteiger partial charge is 1.00 e. The highest BCUT2D eigenvalue weighted by Crippen LogP contribution is 2.36. The number of hydrogen-bond acceptors (Lipinski definition) is 2. The molecule has 0 spiro atoms. The molecule has 4 heteroatoms. The summed E-state index contributed by atoms with van der Waals surface area (Å²) in [5, 5.41) is 0. The summed E-state index contributed by atoms with van der Waals surface area (Å²) in [4.78, 5) is 15.2. The van der Waals surface area contributed by atoms with Gasteiger partial charge < -0.3 is 23.0 Å². The lowest BCUT2D eigenvalue weighted by Crippen LogP contribution is -3.00. The lowest BCUT2D eigenvalue weighted by atomic mass is 9.71. The number of halogens is 1. The van der Waals surface area contributed by atoms with E-state index < -0.39 is 5.41 Å². The van der Waals surface area contributed by atoms with E-state index in [4.69, 9.17) is 5.73 Å². The van der Waals surface area contributed by atoms with Crippen LogP contribution >= 0.6 is 0 Å². The van der Waals surface area contributed by atoms with Gasteiger partial charge in [0.15, 0.2) is 0 Å². The Kier molecular flexibility index (Phi) is 7.03. The minimum atomic E-state index is -0.764. The van der Waals surface area contributed by atoms with Crippen LogP contribution in [0, 0.1) is 0 Å². The van der Waals surface area contributed by atoms with E-state index in [9.17, 15) is 4.79 Å². The Hall–Kier alpha value is -1.84. The molecular weight excluding hydrogens is 332 g/mol. The highest BCUT2D eigenvalue weighted by Gasteiger charge is 2.40. The monoisotopic (exact) mass is 358 g/mol. The highest BCUT2D eigenvalue weighted by molar-refractivity contribution is 5.90. The number of nitrogens with two attached hydrogens (primary N) is 1. The SMILES string of the molecule is NC(=O)C(CCN1CCCCC1)(c1ccccc1)c1ccccc1.[Cl-].[H+]. The van der Waals surface area contributed by atoms with Crippen LogP contribution in [0.4, 0.5) is 0 Å². The molecule has 134 valence electrons. The summed E-state index contributed by atoms with van der Waals surface area (Å²) in [6.45, 7) is 3.14. The summed E-state index contributed by atoms with van der Waals surface area (Å²) in [6, 6.07) is 20.0. The quantitative estimate of drug-likeness (QED) is 0.815. The van der Waals surface area contributed by atoms with E-state index in [2.05, 4.69) is 4.90 Å². The van der Waals surface area contributed by atoms with Gasteiger partial charge in [0.1, 0.15) is 0 Å². The molecule has 0 radical (unpaired) electrons. The standard InChI is InChI=1S/C21H26N2O.ClH/c22-20(24)21(18-10-4-1-5-11-18,19-12-6-2-7-13-19)14-17-23-15-8-3-9-16-23;/h1-2,4-7,10-13H,3,8-9,14-17H2,(H2,22,24);1H. The van der Waals surface area contributed by atoms with Gasteiger partial charge in [-0.2, -0.15) is 0 Å². The molecule has 3 rings (SSSR count). The van der Waals surface area contributed by atoms with Crippen molar-refractivity contribution in [2.75, 3.05) is 19.6 Å². The molecule has 0 atom stereocenters. The van der Waals surface area contributed by atoms with Gasteiger partial charge in [-0.15, -0.1) is 0 Å². The Labute approximate surface area is 158 Å². The van der Waals surface area contributed by atoms with E-state index in [1.807, 2.05) is 60.7 Å². The molecule has 0 aliphatic carbocycles. The first kappa shape index (κ1) is 19.5. The maximum Gasteiger partial charge on any atom is 1.00 e. The summed E-state index contributed by atoms with van der Waals surface area (Å²) in [5.41, 5.74) is 7.20. The van der Waals surface area contributed by atoms with Crippen LogP contribution < -0.4 is 18.1 Å². The number of likely N-dealkylation sites (tertiary alicyclic amines) is 1. The zero-order valence-corrected chi connectivity index (χ0v) is 15.3. The third-order valence-electron chi connectivity index (χ3n) is 5.21. The maximum absolute atomic E-state index is 12.7. The van der Waals surface area contributed by atoms with E-state index >= 15 is 0 Å². The van der Waals surface area contributed by atoms with Crippen molar-refractivity contribution in [3.05, 3.63) is 71.8 Å². The lowest BCUT2D eigenvalue weighted by Gasteiger charge is -2.35. The minimum absolute atomic E-state index is 0. The number of piperidine rings is 1. The molecule has 2 N–H and O–H groups in total. The van der Waals surface area contributed by atoms with Crippen LogP contribution in [0.1, 0.15) is 38.2 Å². The second kappa shape index (κ2) is 9.02. The van der Waals surface area contributed by atoms with Crippen LogP contribution in [0.5, 0.6) is 0 Å². The number of carbonyl (C=O) groups excluding carboxylic acids is 1. The molecule has 0 unspecified atom stereocenters. The maximum atomic E-state index is 12.7. The molecule has 2 aromatic carbocycles. The number of benzene rings is 2. The molecule has 3 nitrogen and oxygen atoms in total. The van der Waals surface area contributed by atoms with Crippen LogP contribution in [0.15, 0.2) is 60.7 Å². The fourth-order valence-electron chi connectivity index (χ4n) is 3.82. The normalized spacial score (nSPS) is 15.4. The van der Waals surface area contributed by atoms with Crippen molar-refractivity contribution < 1.29 is 18.6 Å². The predicted molar refractivity (Wildman–Crippen MR) is 98.9 cm³/mol. The third-order valence-corrected chi connectivity index (χ3v) is 5.21. The van der Waals surface area contributed by atoms with E-state index in [0.29, 0.717) is 0 Å². The fourth-order valence-corrected chi connectivity index (χ4v) is 3.82. The zero-order valence-electron chi connectivity index (χ0n) is 15.5. The number of amides is 1. The van der Waals surface area contributed by atoms with Crippen molar-refractivity contribution in [1.82, 2.24) is 4.90 Å². The summed E-state index contributed by atoms with van der Waals surface area (Å²) in [5.74, 6) is -0.267. The molecule has 1 amide bonds. The number of nitrogens with zero attached hydrogens (tertiary/aromatic N) is 1. The van der Waals surface area contributed by atoms with Crippen molar-refractivity contribution in [1.29, 1.82) is 0 Å². The molecule has 2 aromatic rings. The van der Waals surface area contributed by atoms with Gasteiger partial charge in [0, 0.05) is 0 Å². The van der Waals surface area contributed by atoms with E-state index in [1.54, 1.807) is 0 Å². The van der Waals surface area contributed by atoms with Crippen molar-refractivity contribution in [2.24, 2.45) is 5.73 Å². The molecule has 1 heterocycles. The summed E-state index contributed by atoms with van der Waals surface area (Å²) < 4.78 is 0. The molecule has 1 saturated heterocycles. The van der Waals surface area contributed by atoms with Gasteiger partial charge in [-0.05, 0) is 50.0 Å². The number of primary amides is 1. The van der Waals surface area contributed by atoms with Crippen LogP contribution in [-0.4, -0.2) is 30.4 Å². The minimum Gasteiger partial charge on any atom is -1.00 e. The lowest BCUT2D eigenvalue weighted by molar-refractivity contribution is -0.122. The van der Waals surface area contributed by atoms with Crippen molar-refractivity contribution >= 4 is 5.91 Å².